The Bertz CT molecular complexity index is 337. The minimum Gasteiger partial charge on any atom is -0.350 e. The first-order valence-corrected chi connectivity index (χ1v) is 5.38. The van der Waals surface area contributed by atoms with Crippen molar-refractivity contribution in [3.05, 3.63) is 35.6 Å². The van der Waals surface area contributed by atoms with Gasteiger partial charge in [-0.05, 0) is 37.6 Å². The SMILES string of the molecule is CC(NC(=O)CCCN)c1ccc(F)cc1. The quantitative estimate of drug-likeness (QED) is 0.800. The highest BCUT2D eigenvalue weighted by molar-refractivity contribution is 5.76. The highest BCUT2D eigenvalue weighted by Gasteiger charge is 2.08. The molecular weight excluding hydrogens is 207 g/mol. The van der Waals surface area contributed by atoms with Gasteiger partial charge in [-0.3, -0.25) is 4.79 Å². The summed E-state index contributed by atoms with van der Waals surface area (Å²) in [6.45, 7) is 2.38. The Balaban J connectivity index is 2.48. The summed E-state index contributed by atoms with van der Waals surface area (Å²) in [4.78, 5) is 11.4. The molecule has 0 aliphatic rings. The van der Waals surface area contributed by atoms with Crippen LogP contribution in [0.5, 0.6) is 0 Å². The maximum Gasteiger partial charge on any atom is 0.220 e. The zero-order valence-corrected chi connectivity index (χ0v) is 9.37. The molecule has 0 bridgehead atoms. The summed E-state index contributed by atoms with van der Waals surface area (Å²) in [5.41, 5.74) is 6.20. The molecule has 0 aromatic heterocycles. The van der Waals surface area contributed by atoms with Crippen molar-refractivity contribution in [1.82, 2.24) is 5.32 Å². The number of carbonyl (C=O) groups is 1. The number of nitrogens with two attached hydrogens (primary N) is 1. The van der Waals surface area contributed by atoms with E-state index in [1.54, 1.807) is 12.1 Å². The first-order chi connectivity index (χ1) is 7.63. The fourth-order valence-electron chi connectivity index (χ4n) is 1.41. The van der Waals surface area contributed by atoms with Gasteiger partial charge in [0.25, 0.3) is 0 Å². The lowest BCUT2D eigenvalue weighted by molar-refractivity contribution is -0.121. The van der Waals surface area contributed by atoms with E-state index < -0.39 is 0 Å². The summed E-state index contributed by atoms with van der Waals surface area (Å²) in [7, 11) is 0. The summed E-state index contributed by atoms with van der Waals surface area (Å²) in [5, 5.41) is 2.83. The minimum atomic E-state index is -0.273. The molecule has 3 N–H and O–H groups in total. The standard InChI is InChI=1S/C12H17FN2O/c1-9(15-12(16)3-2-8-14)10-4-6-11(13)7-5-10/h4-7,9H,2-3,8,14H2,1H3,(H,15,16). The molecule has 0 aliphatic heterocycles. The maximum absolute atomic E-state index is 12.7. The fourth-order valence-corrected chi connectivity index (χ4v) is 1.41. The number of nitrogens with one attached hydrogen (secondary N) is 1. The van der Waals surface area contributed by atoms with Crippen LogP contribution >= 0.6 is 0 Å². The zero-order valence-electron chi connectivity index (χ0n) is 9.37. The van der Waals surface area contributed by atoms with Crippen LogP contribution in [0.15, 0.2) is 24.3 Å². The second-order valence-electron chi connectivity index (χ2n) is 3.73. The third-order valence-electron chi connectivity index (χ3n) is 2.36. The average Bonchev–Trinajstić information content (AvgIpc) is 2.27. The number of halogens is 1. The molecule has 0 heterocycles. The minimum absolute atomic E-state index is 0.0257. The summed E-state index contributed by atoms with van der Waals surface area (Å²) in [6.07, 6.45) is 1.12. The Labute approximate surface area is 94.8 Å². The van der Waals surface area contributed by atoms with Crippen LogP contribution in [0, 0.1) is 5.82 Å². The molecule has 0 aliphatic carbocycles. The van der Waals surface area contributed by atoms with E-state index in [0.717, 1.165) is 5.56 Å². The van der Waals surface area contributed by atoms with Gasteiger partial charge >= 0.3 is 0 Å². The molecule has 3 nitrogen and oxygen atoms in total. The second-order valence-corrected chi connectivity index (χ2v) is 3.73. The molecule has 0 saturated heterocycles. The molecule has 1 aromatic carbocycles. The third kappa shape index (κ3) is 3.98. The van der Waals surface area contributed by atoms with E-state index >= 15 is 0 Å². The van der Waals surface area contributed by atoms with Crippen molar-refractivity contribution >= 4 is 5.91 Å². The summed E-state index contributed by atoms with van der Waals surface area (Å²) in [5.74, 6) is -0.298. The number of hydrogen-bond donors (Lipinski definition) is 2. The van der Waals surface area contributed by atoms with Crippen molar-refractivity contribution in [3.63, 3.8) is 0 Å². The van der Waals surface area contributed by atoms with Crippen molar-refractivity contribution in [1.29, 1.82) is 0 Å². The Kier molecular flexibility index (Phi) is 4.92. The first kappa shape index (κ1) is 12.6. The van der Waals surface area contributed by atoms with Crippen LogP contribution in [0.2, 0.25) is 0 Å². The molecule has 88 valence electrons. The van der Waals surface area contributed by atoms with Crippen molar-refractivity contribution in [2.75, 3.05) is 6.54 Å². The molecule has 0 radical (unpaired) electrons. The molecule has 0 spiro atoms. The lowest BCUT2D eigenvalue weighted by Gasteiger charge is -2.14. The van der Waals surface area contributed by atoms with Crippen molar-refractivity contribution in [3.8, 4) is 0 Å². The van der Waals surface area contributed by atoms with Gasteiger partial charge in [-0.25, -0.2) is 4.39 Å². The van der Waals surface area contributed by atoms with E-state index in [2.05, 4.69) is 5.32 Å². The van der Waals surface area contributed by atoms with Gasteiger partial charge in [0.15, 0.2) is 0 Å². The second kappa shape index (κ2) is 6.23. The highest BCUT2D eigenvalue weighted by Crippen LogP contribution is 2.12. The Hall–Kier alpha value is -1.42. The van der Waals surface area contributed by atoms with Gasteiger partial charge in [-0.15, -0.1) is 0 Å². The molecule has 1 aromatic rings. The molecule has 1 unspecified atom stereocenters. The number of hydrogen-bond acceptors (Lipinski definition) is 2. The van der Waals surface area contributed by atoms with Gasteiger partial charge in [0.1, 0.15) is 5.82 Å². The van der Waals surface area contributed by atoms with Crippen LogP contribution in [0.4, 0.5) is 4.39 Å². The van der Waals surface area contributed by atoms with Crippen LogP contribution in [0.1, 0.15) is 31.4 Å². The number of benzene rings is 1. The Morgan fingerprint density at radius 1 is 1.44 bits per heavy atom. The van der Waals surface area contributed by atoms with Crippen molar-refractivity contribution in [2.45, 2.75) is 25.8 Å². The molecule has 16 heavy (non-hydrogen) atoms. The number of rotatable bonds is 5. The lowest BCUT2D eigenvalue weighted by atomic mass is 10.1. The topological polar surface area (TPSA) is 55.1 Å². The third-order valence-corrected chi connectivity index (χ3v) is 2.36. The molecule has 0 fully saturated rings. The van der Waals surface area contributed by atoms with Gasteiger partial charge in [0.05, 0.1) is 6.04 Å². The molecule has 1 atom stereocenters. The predicted molar refractivity (Wildman–Crippen MR) is 61.2 cm³/mol. The van der Waals surface area contributed by atoms with Crippen LogP contribution in [-0.2, 0) is 4.79 Å². The van der Waals surface area contributed by atoms with E-state index in [4.69, 9.17) is 5.73 Å². The maximum atomic E-state index is 12.7. The van der Waals surface area contributed by atoms with Crippen LogP contribution in [0.25, 0.3) is 0 Å². The van der Waals surface area contributed by atoms with Gasteiger partial charge in [0, 0.05) is 6.42 Å². The van der Waals surface area contributed by atoms with Gasteiger partial charge < -0.3 is 11.1 Å². The molecule has 1 rings (SSSR count). The van der Waals surface area contributed by atoms with E-state index in [0.29, 0.717) is 19.4 Å². The van der Waals surface area contributed by atoms with Crippen LogP contribution in [0.3, 0.4) is 0 Å². The molecular formula is C12H17FN2O. The monoisotopic (exact) mass is 224 g/mol. The smallest absolute Gasteiger partial charge is 0.220 e. The van der Waals surface area contributed by atoms with E-state index in [1.807, 2.05) is 6.92 Å². The van der Waals surface area contributed by atoms with Crippen LogP contribution < -0.4 is 11.1 Å². The van der Waals surface area contributed by atoms with Gasteiger partial charge in [-0.2, -0.15) is 0 Å². The number of carbonyl (C=O) groups excluding carboxylic acids is 1. The van der Waals surface area contributed by atoms with E-state index in [1.165, 1.54) is 12.1 Å². The van der Waals surface area contributed by atoms with Crippen LogP contribution in [-0.4, -0.2) is 12.5 Å². The highest BCUT2D eigenvalue weighted by atomic mass is 19.1. The first-order valence-electron chi connectivity index (χ1n) is 5.38. The summed E-state index contributed by atoms with van der Waals surface area (Å²) >= 11 is 0. The molecule has 4 heteroatoms. The van der Waals surface area contributed by atoms with E-state index in [-0.39, 0.29) is 17.8 Å². The molecule has 1 amide bonds. The summed E-state index contributed by atoms with van der Waals surface area (Å²) < 4.78 is 12.7. The Morgan fingerprint density at radius 3 is 2.62 bits per heavy atom. The average molecular weight is 224 g/mol. The van der Waals surface area contributed by atoms with Crippen molar-refractivity contribution in [2.24, 2.45) is 5.73 Å². The molecule has 0 saturated carbocycles. The Morgan fingerprint density at radius 2 is 2.06 bits per heavy atom. The fraction of sp³-hybridized carbons (Fsp3) is 0.417. The predicted octanol–water partition coefficient (Wildman–Crippen LogP) is 1.74. The van der Waals surface area contributed by atoms with Gasteiger partial charge in [-0.1, -0.05) is 12.1 Å². The van der Waals surface area contributed by atoms with E-state index in [9.17, 15) is 9.18 Å². The summed E-state index contributed by atoms with van der Waals surface area (Å²) in [6, 6.07) is 6.01. The largest absolute Gasteiger partial charge is 0.350 e. The number of amides is 1. The lowest BCUT2D eigenvalue weighted by Crippen LogP contribution is -2.26. The van der Waals surface area contributed by atoms with Crippen molar-refractivity contribution < 1.29 is 9.18 Å². The normalized spacial score (nSPS) is 12.2. The van der Waals surface area contributed by atoms with Gasteiger partial charge in [0.2, 0.25) is 5.91 Å². The zero-order chi connectivity index (χ0) is 12.0.